The van der Waals surface area contributed by atoms with Crippen LogP contribution in [0.3, 0.4) is 0 Å². The predicted octanol–water partition coefficient (Wildman–Crippen LogP) is 2.14. The molecule has 0 aliphatic carbocycles. The molecular weight excluding hydrogens is 251 g/mol. The van der Waals surface area contributed by atoms with Crippen LogP contribution >= 0.6 is 0 Å². The molecule has 0 saturated carbocycles. The maximum absolute atomic E-state index is 13.9. The predicted molar refractivity (Wildman–Crippen MR) is 67.1 cm³/mol. The lowest BCUT2D eigenvalue weighted by Gasteiger charge is -2.29. The second-order valence-corrected chi connectivity index (χ2v) is 4.76. The molecule has 0 radical (unpaired) electrons. The Balaban J connectivity index is 2.06. The normalized spacial score (nSPS) is 17.3. The number of halogens is 1. The van der Waals surface area contributed by atoms with E-state index in [1.807, 2.05) is 4.90 Å². The van der Waals surface area contributed by atoms with E-state index in [2.05, 4.69) is 0 Å². The zero-order valence-corrected chi connectivity index (χ0v) is 10.4. The number of nitro groups is 1. The first-order valence-electron chi connectivity index (χ1n) is 6.21. The summed E-state index contributed by atoms with van der Waals surface area (Å²) in [4.78, 5) is 22.6. The van der Waals surface area contributed by atoms with Gasteiger partial charge in [0.25, 0.3) is 0 Å². The quantitative estimate of drug-likeness (QED) is 0.476. The molecule has 0 unspecified atom stereocenters. The van der Waals surface area contributed by atoms with Gasteiger partial charge in [0.2, 0.25) is 5.82 Å². The molecule has 0 bridgehead atoms. The second-order valence-electron chi connectivity index (χ2n) is 4.76. The first-order chi connectivity index (χ1) is 9.11. The van der Waals surface area contributed by atoms with Gasteiger partial charge in [-0.1, -0.05) is 12.1 Å². The summed E-state index contributed by atoms with van der Waals surface area (Å²) >= 11 is 0. The third-order valence-corrected chi connectivity index (χ3v) is 3.47. The summed E-state index contributed by atoms with van der Waals surface area (Å²) < 4.78 is 13.9. The maximum atomic E-state index is 13.9. The van der Waals surface area contributed by atoms with Crippen LogP contribution in [-0.2, 0) is 11.3 Å². The minimum Gasteiger partial charge on any atom is -0.303 e. The fourth-order valence-corrected chi connectivity index (χ4v) is 2.32. The highest BCUT2D eigenvalue weighted by atomic mass is 19.1. The van der Waals surface area contributed by atoms with Gasteiger partial charge in [-0.15, -0.1) is 0 Å². The molecule has 1 aromatic rings. The third kappa shape index (κ3) is 3.14. The average Bonchev–Trinajstić information content (AvgIpc) is 2.41. The van der Waals surface area contributed by atoms with Crippen LogP contribution in [-0.4, -0.2) is 29.2 Å². The van der Waals surface area contributed by atoms with Gasteiger partial charge in [-0.2, -0.15) is 4.39 Å². The summed E-state index contributed by atoms with van der Waals surface area (Å²) in [6, 6.07) is 4.22. The number of piperidine rings is 1. The van der Waals surface area contributed by atoms with Crippen LogP contribution in [0.2, 0.25) is 0 Å². The van der Waals surface area contributed by atoms with E-state index in [9.17, 15) is 19.3 Å². The summed E-state index contributed by atoms with van der Waals surface area (Å²) in [7, 11) is 0. The van der Waals surface area contributed by atoms with Crippen LogP contribution in [0.1, 0.15) is 18.4 Å². The Hall–Kier alpha value is -1.82. The van der Waals surface area contributed by atoms with Crippen molar-refractivity contribution >= 4 is 12.0 Å². The van der Waals surface area contributed by atoms with Crippen molar-refractivity contribution in [3.63, 3.8) is 0 Å². The van der Waals surface area contributed by atoms with E-state index >= 15 is 0 Å². The number of rotatable bonds is 4. The fraction of sp³-hybridized carbons (Fsp3) is 0.462. The topological polar surface area (TPSA) is 63.5 Å². The van der Waals surface area contributed by atoms with E-state index in [-0.39, 0.29) is 5.92 Å². The van der Waals surface area contributed by atoms with Crippen LogP contribution in [0.25, 0.3) is 0 Å². The standard InChI is InChI=1S/C13H15FN2O3/c14-13-11(2-1-3-12(13)16(18)19)8-15-6-4-10(9-17)5-7-15/h1-3,9-10H,4-8H2. The fourth-order valence-electron chi connectivity index (χ4n) is 2.32. The molecule has 6 heteroatoms. The number of hydrogen-bond donors (Lipinski definition) is 0. The highest BCUT2D eigenvalue weighted by Crippen LogP contribution is 2.23. The Morgan fingerprint density at radius 2 is 2.11 bits per heavy atom. The monoisotopic (exact) mass is 266 g/mol. The van der Waals surface area contributed by atoms with Crippen LogP contribution in [0, 0.1) is 21.8 Å². The number of likely N-dealkylation sites (tertiary alicyclic amines) is 1. The molecule has 1 aliphatic rings. The lowest BCUT2D eigenvalue weighted by Crippen LogP contribution is -2.33. The maximum Gasteiger partial charge on any atom is 0.305 e. The molecule has 19 heavy (non-hydrogen) atoms. The van der Waals surface area contributed by atoms with E-state index in [4.69, 9.17) is 0 Å². The number of aldehydes is 1. The number of nitro benzene ring substituents is 1. The summed E-state index contributed by atoms with van der Waals surface area (Å²) in [5.41, 5.74) is -0.154. The van der Waals surface area contributed by atoms with Gasteiger partial charge < -0.3 is 4.79 Å². The Bertz CT molecular complexity index is 485. The molecular formula is C13H15FN2O3. The summed E-state index contributed by atoms with van der Waals surface area (Å²) in [6.07, 6.45) is 2.49. The van der Waals surface area contributed by atoms with E-state index in [0.29, 0.717) is 25.2 Å². The molecule has 1 heterocycles. The van der Waals surface area contributed by atoms with Crippen molar-refractivity contribution in [2.75, 3.05) is 13.1 Å². The SMILES string of the molecule is O=CC1CCN(Cc2cccc([N+](=O)[O-])c2F)CC1. The Morgan fingerprint density at radius 1 is 1.42 bits per heavy atom. The van der Waals surface area contributed by atoms with Gasteiger partial charge in [0.1, 0.15) is 6.29 Å². The first kappa shape index (κ1) is 13.6. The molecule has 0 spiro atoms. The van der Waals surface area contributed by atoms with Crippen molar-refractivity contribution in [3.05, 3.63) is 39.7 Å². The van der Waals surface area contributed by atoms with Gasteiger partial charge in [0.15, 0.2) is 0 Å². The summed E-state index contributed by atoms with van der Waals surface area (Å²) in [5.74, 6) is -0.670. The van der Waals surface area contributed by atoms with Crippen molar-refractivity contribution in [1.82, 2.24) is 4.90 Å². The van der Waals surface area contributed by atoms with Gasteiger partial charge in [-0.05, 0) is 25.9 Å². The molecule has 1 saturated heterocycles. The largest absolute Gasteiger partial charge is 0.305 e. The molecule has 2 rings (SSSR count). The van der Waals surface area contributed by atoms with Gasteiger partial charge in [-0.3, -0.25) is 15.0 Å². The number of carbonyl (C=O) groups excluding carboxylic acids is 1. The molecule has 1 fully saturated rings. The van der Waals surface area contributed by atoms with E-state index in [0.717, 1.165) is 25.2 Å². The number of nitrogens with zero attached hydrogens (tertiary/aromatic N) is 2. The van der Waals surface area contributed by atoms with Crippen molar-refractivity contribution < 1.29 is 14.1 Å². The molecule has 0 amide bonds. The Labute approximate surface area is 110 Å². The van der Waals surface area contributed by atoms with Crippen LogP contribution in [0.5, 0.6) is 0 Å². The number of benzene rings is 1. The zero-order valence-electron chi connectivity index (χ0n) is 10.4. The highest BCUT2D eigenvalue weighted by molar-refractivity contribution is 5.53. The Kier molecular flexibility index (Phi) is 4.21. The van der Waals surface area contributed by atoms with E-state index in [1.54, 1.807) is 6.07 Å². The van der Waals surface area contributed by atoms with E-state index in [1.165, 1.54) is 6.07 Å². The van der Waals surface area contributed by atoms with Crippen molar-refractivity contribution in [3.8, 4) is 0 Å². The molecule has 5 nitrogen and oxygen atoms in total. The number of carbonyl (C=O) groups is 1. The summed E-state index contributed by atoms with van der Waals surface area (Å²) in [5, 5.41) is 10.7. The smallest absolute Gasteiger partial charge is 0.303 e. The molecule has 0 aromatic heterocycles. The van der Waals surface area contributed by atoms with Gasteiger partial charge >= 0.3 is 5.69 Å². The van der Waals surface area contributed by atoms with Crippen LogP contribution in [0.4, 0.5) is 10.1 Å². The average molecular weight is 266 g/mol. The van der Waals surface area contributed by atoms with Gasteiger partial charge in [-0.25, -0.2) is 0 Å². The van der Waals surface area contributed by atoms with E-state index < -0.39 is 16.4 Å². The zero-order chi connectivity index (χ0) is 13.8. The Morgan fingerprint density at radius 3 is 2.68 bits per heavy atom. The molecule has 0 N–H and O–H groups in total. The molecule has 1 aromatic carbocycles. The molecule has 102 valence electrons. The van der Waals surface area contributed by atoms with Crippen molar-refractivity contribution in [2.24, 2.45) is 5.92 Å². The van der Waals surface area contributed by atoms with Crippen LogP contribution < -0.4 is 0 Å². The molecule has 0 atom stereocenters. The second kappa shape index (κ2) is 5.88. The van der Waals surface area contributed by atoms with Crippen molar-refractivity contribution in [2.45, 2.75) is 19.4 Å². The first-order valence-corrected chi connectivity index (χ1v) is 6.21. The molecule has 1 aliphatic heterocycles. The minimum atomic E-state index is -0.759. The van der Waals surface area contributed by atoms with Crippen molar-refractivity contribution in [1.29, 1.82) is 0 Å². The minimum absolute atomic E-state index is 0.0891. The lowest BCUT2D eigenvalue weighted by molar-refractivity contribution is -0.387. The lowest BCUT2D eigenvalue weighted by atomic mass is 9.98. The highest BCUT2D eigenvalue weighted by Gasteiger charge is 2.22. The number of hydrogen-bond acceptors (Lipinski definition) is 4. The summed E-state index contributed by atoms with van der Waals surface area (Å²) in [6.45, 7) is 1.77. The van der Waals surface area contributed by atoms with Gasteiger partial charge in [0, 0.05) is 24.1 Å². The van der Waals surface area contributed by atoms with Crippen LogP contribution in [0.15, 0.2) is 18.2 Å². The van der Waals surface area contributed by atoms with Gasteiger partial charge in [0.05, 0.1) is 4.92 Å². The third-order valence-electron chi connectivity index (χ3n) is 3.47.